The van der Waals surface area contributed by atoms with Crippen LogP contribution in [-0.4, -0.2) is 28.0 Å². The highest BCUT2D eigenvalue weighted by atomic mass is 35.5. The van der Waals surface area contributed by atoms with Crippen LogP contribution in [0.5, 0.6) is 0 Å². The molecule has 2 rings (SSSR count). The van der Waals surface area contributed by atoms with E-state index in [2.05, 4.69) is 10.3 Å². The molecule has 1 aliphatic carbocycles. The number of carboxylic acids is 1. The lowest BCUT2D eigenvalue weighted by atomic mass is 10.1. The van der Waals surface area contributed by atoms with E-state index in [0.29, 0.717) is 0 Å². The molecule has 5 nitrogen and oxygen atoms in total. The van der Waals surface area contributed by atoms with Crippen LogP contribution >= 0.6 is 11.6 Å². The lowest BCUT2D eigenvalue weighted by Gasteiger charge is -2.15. The second-order valence-corrected chi connectivity index (χ2v) is 4.75. The number of hydrogen-bond acceptors (Lipinski definition) is 3. The molecule has 1 atom stereocenters. The Labute approximate surface area is 109 Å². The highest BCUT2D eigenvalue weighted by Gasteiger charge is 2.34. The molecule has 0 spiro atoms. The van der Waals surface area contributed by atoms with Gasteiger partial charge in [-0.1, -0.05) is 17.7 Å². The Morgan fingerprint density at radius 2 is 2.22 bits per heavy atom. The summed E-state index contributed by atoms with van der Waals surface area (Å²) in [6.45, 7) is 0. The van der Waals surface area contributed by atoms with Crippen molar-refractivity contribution in [1.29, 1.82) is 0 Å². The van der Waals surface area contributed by atoms with Crippen molar-refractivity contribution in [2.24, 2.45) is 5.92 Å². The summed E-state index contributed by atoms with van der Waals surface area (Å²) in [7, 11) is 0. The summed E-state index contributed by atoms with van der Waals surface area (Å²) < 4.78 is 0. The van der Waals surface area contributed by atoms with Crippen molar-refractivity contribution in [1.82, 2.24) is 10.3 Å². The number of aromatic nitrogens is 1. The summed E-state index contributed by atoms with van der Waals surface area (Å²) in [5.41, 5.74) is 0.207. The molecule has 1 aromatic heterocycles. The first-order valence-electron chi connectivity index (χ1n) is 5.71. The molecular formula is C12H13ClN2O3. The van der Waals surface area contributed by atoms with Crippen molar-refractivity contribution in [3.63, 3.8) is 0 Å². The number of aliphatic carboxylic acids is 1. The first kappa shape index (κ1) is 12.8. The SMILES string of the molecule is O=C(O)CC(NC(=O)c1cccc(Cl)n1)C1CC1. The quantitative estimate of drug-likeness (QED) is 0.797. The Morgan fingerprint density at radius 3 is 2.78 bits per heavy atom. The van der Waals surface area contributed by atoms with Gasteiger partial charge in [-0.2, -0.15) is 0 Å². The van der Waals surface area contributed by atoms with Crippen LogP contribution in [0.25, 0.3) is 0 Å². The van der Waals surface area contributed by atoms with Crippen molar-refractivity contribution in [3.05, 3.63) is 29.0 Å². The Balaban J connectivity index is 2.02. The first-order valence-corrected chi connectivity index (χ1v) is 6.09. The van der Waals surface area contributed by atoms with Crippen LogP contribution in [-0.2, 0) is 4.79 Å². The Kier molecular flexibility index (Phi) is 3.81. The van der Waals surface area contributed by atoms with Gasteiger partial charge in [0.25, 0.3) is 5.91 Å². The van der Waals surface area contributed by atoms with Crippen LogP contribution in [0.2, 0.25) is 5.15 Å². The molecule has 2 N–H and O–H groups in total. The molecule has 1 aliphatic rings. The van der Waals surface area contributed by atoms with E-state index in [0.717, 1.165) is 12.8 Å². The van der Waals surface area contributed by atoms with Gasteiger partial charge in [-0.25, -0.2) is 4.98 Å². The second-order valence-electron chi connectivity index (χ2n) is 4.36. The van der Waals surface area contributed by atoms with Crippen LogP contribution in [0.4, 0.5) is 0 Å². The summed E-state index contributed by atoms with van der Waals surface area (Å²) >= 11 is 5.70. The molecule has 0 aliphatic heterocycles. The second kappa shape index (κ2) is 5.35. The molecule has 0 aromatic carbocycles. The maximum atomic E-state index is 11.9. The van der Waals surface area contributed by atoms with Gasteiger partial charge >= 0.3 is 5.97 Å². The first-order chi connectivity index (χ1) is 8.56. The van der Waals surface area contributed by atoms with Gasteiger partial charge < -0.3 is 10.4 Å². The number of halogens is 1. The molecule has 1 aromatic rings. The van der Waals surface area contributed by atoms with Crippen molar-refractivity contribution >= 4 is 23.5 Å². The number of carbonyl (C=O) groups excluding carboxylic acids is 1. The van der Waals surface area contributed by atoms with Gasteiger partial charge in [-0.05, 0) is 30.9 Å². The van der Waals surface area contributed by atoms with Gasteiger partial charge in [0.2, 0.25) is 0 Å². The van der Waals surface area contributed by atoms with Crippen molar-refractivity contribution < 1.29 is 14.7 Å². The Morgan fingerprint density at radius 1 is 1.50 bits per heavy atom. The number of carbonyl (C=O) groups is 2. The fraction of sp³-hybridized carbons (Fsp3) is 0.417. The average molecular weight is 269 g/mol. The number of pyridine rings is 1. The zero-order valence-electron chi connectivity index (χ0n) is 9.60. The third kappa shape index (κ3) is 3.43. The number of hydrogen-bond donors (Lipinski definition) is 2. The van der Waals surface area contributed by atoms with E-state index >= 15 is 0 Å². The number of carboxylic acid groups (broad SMARTS) is 1. The zero-order chi connectivity index (χ0) is 13.1. The molecule has 6 heteroatoms. The molecule has 0 bridgehead atoms. The van der Waals surface area contributed by atoms with E-state index in [1.165, 1.54) is 0 Å². The van der Waals surface area contributed by atoms with E-state index in [4.69, 9.17) is 16.7 Å². The number of nitrogens with zero attached hydrogens (tertiary/aromatic N) is 1. The molecule has 1 heterocycles. The fourth-order valence-corrected chi connectivity index (χ4v) is 1.96. The smallest absolute Gasteiger partial charge is 0.305 e. The van der Waals surface area contributed by atoms with E-state index < -0.39 is 5.97 Å². The van der Waals surface area contributed by atoms with Crippen molar-refractivity contribution in [2.75, 3.05) is 0 Å². The summed E-state index contributed by atoms with van der Waals surface area (Å²) in [5, 5.41) is 11.8. The molecule has 1 amide bonds. The minimum absolute atomic E-state index is 0.0586. The molecule has 1 unspecified atom stereocenters. The third-order valence-corrected chi connectivity index (χ3v) is 3.06. The molecule has 1 fully saturated rings. The van der Waals surface area contributed by atoms with Crippen molar-refractivity contribution in [2.45, 2.75) is 25.3 Å². The zero-order valence-corrected chi connectivity index (χ0v) is 10.4. The van der Waals surface area contributed by atoms with E-state index in [-0.39, 0.29) is 35.1 Å². The summed E-state index contributed by atoms with van der Waals surface area (Å²) in [4.78, 5) is 26.5. The number of amides is 1. The lowest BCUT2D eigenvalue weighted by Crippen LogP contribution is -2.38. The Bertz CT molecular complexity index is 474. The van der Waals surface area contributed by atoms with E-state index in [9.17, 15) is 9.59 Å². The lowest BCUT2D eigenvalue weighted by molar-refractivity contribution is -0.137. The van der Waals surface area contributed by atoms with Crippen LogP contribution in [0.1, 0.15) is 29.8 Å². The number of nitrogens with one attached hydrogen (secondary N) is 1. The predicted molar refractivity (Wildman–Crippen MR) is 65.5 cm³/mol. The average Bonchev–Trinajstić information content (AvgIpc) is 3.11. The van der Waals surface area contributed by atoms with Gasteiger partial charge in [-0.3, -0.25) is 9.59 Å². The highest BCUT2D eigenvalue weighted by molar-refractivity contribution is 6.29. The van der Waals surface area contributed by atoms with Gasteiger partial charge in [0.1, 0.15) is 10.8 Å². The van der Waals surface area contributed by atoms with Crippen molar-refractivity contribution in [3.8, 4) is 0 Å². The monoisotopic (exact) mass is 268 g/mol. The normalized spacial score (nSPS) is 16.1. The Hall–Kier alpha value is -1.62. The predicted octanol–water partition coefficient (Wildman–Crippen LogP) is 1.72. The summed E-state index contributed by atoms with van der Waals surface area (Å²) in [6, 6.07) is 4.43. The maximum absolute atomic E-state index is 11.9. The minimum Gasteiger partial charge on any atom is -0.481 e. The topological polar surface area (TPSA) is 79.3 Å². The molecule has 0 radical (unpaired) electrons. The summed E-state index contributed by atoms with van der Waals surface area (Å²) in [5.74, 6) is -1.02. The van der Waals surface area contributed by atoms with E-state index in [1.807, 2.05) is 0 Å². The number of rotatable bonds is 5. The highest BCUT2D eigenvalue weighted by Crippen LogP contribution is 2.34. The fourth-order valence-electron chi connectivity index (χ4n) is 1.80. The maximum Gasteiger partial charge on any atom is 0.305 e. The van der Waals surface area contributed by atoms with Gasteiger partial charge in [0, 0.05) is 6.04 Å². The van der Waals surface area contributed by atoms with Crippen LogP contribution in [0, 0.1) is 5.92 Å². The van der Waals surface area contributed by atoms with Crippen LogP contribution in [0.3, 0.4) is 0 Å². The summed E-state index contributed by atoms with van der Waals surface area (Å²) in [6.07, 6.45) is 1.86. The molecule has 1 saturated carbocycles. The largest absolute Gasteiger partial charge is 0.481 e. The molecule has 0 saturated heterocycles. The molecular weight excluding hydrogens is 256 g/mol. The molecule has 18 heavy (non-hydrogen) atoms. The van der Waals surface area contributed by atoms with Gasteiger partial charge in [0.15, 0.2) is 0 Å². The van der Waals surface area contributed by atoms with Gasteiger partial charge in [0.05, 0.1) is 6.42 Å². The van der Waals surface area contributed by atoms with Crippen LogP contribution in [0.15, 0.2) is 18.2 Å². The van der Waals surface area contributed by atoms with E-state index in [1.54, 1.807) is 18.2 Å². The minimum atomic E-state index is -0.911. The third-order valence-electron chi connectivity index (χ3n) is 2.85. The molecule has 96 valence electrons. The standard InChI is InChI=1S/C12H13ClN2O3/c13-10-3-1-2-8(14-10)12(18)15-9(6-11(16)17)7-4-5-7/h1-3,7,9H,4-6H2,(H,15,18)(H,16,17). The van der Waals surface area contributed by atoms with Gasteiger partial charge in [-0.15, -0.1) is 0 Å². The van der Waals surface area contributed by atoms with Crippen LogP contribution < -0.4 is 5.32 Å².